The first-order valence-corrected chi connectivity index (χ1v) is 15.7. The van der Waals surface area contributed by atoms with E-state index in [4.69, 9.17) is 19.6 Å². The van der Waals surface area contributed by atoms with Crippen LogP contribution < -0.4 is 15.4 Å². The molecule has 0 radical (unpaired) electrons. The van der Waals surface area contributed by atoms with Crippen LogP contribution in [-0.4, -0.2) is 73.7 Å². The molecule has 2 aromatic carbocycles. The van der Waals surface area contributed by atoms with Gasteiger partial charge in [-0.25, -0.2) is 0 Å². The average Bonchev–Trinajstić information content (AvgIpc) is 3.02. The average molecular weight is 610 g/mol. The summed E-state index contributed by atoms with van der Waals surface area (Å²) in [6.45, 7) is 6.67. The molecule has 10 nitrogen and oxygen atoms in total. The molecule has 240 valence electrons. The number of fused-ring (bicyclic) bond motifs is 1. The summed E-state index contributed by atoms with van der Waals surface area (Å²) in [6.07, 6.45) is 4.35. The molecule has 0 saturated carbocycles. The van der Waals surface area contributed by atoms with Gasteiger partial charge in [0.25, 0.3) is 0 Å². The van der Waals surface area contributed by atoms with E-state index in [-0.39, 0.29) is 65.0 Å². The van der Waals surface area contributed by atoms with Crippen LogP contribution in [0.1, 0.15) is 96.7 Å². The zero-order valence-corrected chi connectivity index (χ0v) is 26.5. The SMILES string of the molecule is CCC(CCNCC(=O)C1Cc2c(O)c(C(=O)c3cccc(OC)c3C)c(C=N)c(O)c2C(OC2CCC[C@H](C)O2)C1)NC. The van der Waals surface area contributed by atoms with E-state index in [2.05, 4.69) is 17.6 Å². The Kier molecular flexibility index (Phi) is 11.5. The largest absolute Gasteiger partial charge is 0.507 e. The summed E-state index contributed by atoms with van der Waals surface area (Å²) in [7, 11) is 3.43. The predicted octanol–water partition coefficient (Wildman–Crippen LogP) is 4.73. The second-order valence-corrected chi connectivity index (χ2v) is 11.9. The highest BCUT2D eigenvalue weighted by molar-refractivity contribution is 6.16. The number of Topliss-reactive ketones (excluding diaryl/α,β-unsaturated/α-hetero) is 1. The molecule has 1 fully saturated rings. The maximum atomic E-state index is 13.9. The van der Waals surface area contributed by atoms with Crippen molar-refractivity contribution in [3.63, 3.8) is 0 Å². The Morgan fingerprint density at radius 3 is 2.66 bits per heavy atom. The lowest BCUT2D eigenvalue weighted by Crippen LogP contribution is -2.37. The lowest BCUT2D eigenvalue weighted by atomic mass is 9.76. The molecule has 2 aromatic rings. The summed E-state index contributed by atoms with van der Waals surface area (Å²) < 4.78 is 17.8. The third-order valence-electron chi connectivity index (χ3n) is 9.09. The second-order valence-electron chi connectivity index (χ2n) is 11.9. The molecule has 5 atom stereocenters. The van der Waals surface area contributed by atoms with Crippen molar-refractivity contribution in [1.29, 1.82) is 5.41 Å². The van der Waals surface area contributed by atoms with Crippen LogP contribution in [0.15, 0.2) is 18.2 Å². The number of hydrogen-bond donors (Lipinski definition) is 5. The van der Waals surface area contributed by atoms with Crippen LogP contribution in [0.5, 0.6) is 17.2 Å². The van der Waals surface area contributed by atoms with Crippen molar-refractivity contribution < 1.29 is 34.0 Å². The molecule has 0 aromatic heterocycles. The van der Waals surface area contributed by atoms with Gasteiger partial charge in [-0.2, -0.15) is 0 Å². The molecule has 4 rings (SSSR count). The number of phenolic OH excluding ortho intramolecular Hbond substituents is 2. The van der Waals surface area contributed by atoms with Gasteiger partial charge in [0.15, 0.2) is 12.1 Å². The Labute approximate surface area is 260 Å². The lowest BCUT2D eigenvalue weighted by Gasteiger charge is -2.37. The van der Waals surface area contributed by atoms with Crippen molar-refractivity contribution in [2.24, 2.45) is 5.92 Å². The van der Waals surface area contributed by atoms with E-state index in [0.717, 1.165) is 31.9 Å². The van der Waals surface area contributed by atoms with Gasteiger partial charge in [-0.1, -0.05) is 19.1 Å². The fourth-order valence-corrected chi connectivity index (χ4v) is 6.46. The van der Waals surface area contributed by atoms with Gasteiger partial charge >= 0.3 is 0 Å². The highest BCUT2D eigenvalue weighted by Crippen LogP contribution is 2.49. The van der Waals surface area contributed by atoms with E-state index in [0.29, 0.717) is 35.9 Å². The normalized spacial score (nSPS) is 22.2. The van der Waals surface area contributed by atoms with Gasteiger partial charge in [-0.05, 0) is 78.5 Å². The van der Waals surface area contributed by atoms with Crippen LogP contribution in [0.2, 0.25) is 0 Å². The van der Waals surface area contributed by atoms with Crippen molar-refractivity contribution in [1.82, 2.24) is 10.6 Å². The number of nitrogens with one attached hydrogen (secondary N) is 3. The number of hydrogen-bond acceptors (Lipinski definition) is 10. The number of carbonyl (C=O) groups excluding carboxylic acids is 2. The topological polar surface area (TPSA) is 150 Å². The molecular weight excluding hydrogens is 562 g/mol. The number of rotatable bonds is 14. The fraction of sp³-hybridized carbons (Fsp3) is 0.559. The van der Waals surface area contributed by atoms with E-state index < -0.39 is 24.1 Å². The zero-order valence-electron chi connectivity index (χ0n) is 26.5. The molecule has 1 aliphatic heterocycles. The number of benzene rings is 2. The Morgan fingerprint density at radius 1 is 1.23 bits per heavy atom. The Hall–Kier alpha value is -3.31. The molecule has 1 heterocycles. The lowest BCUT2D eigenvalue weighted by molar-refractivity contribution is -0.216. The first kappa shape index (κ1) is 33.6. The van der Waals surface area contributed by atoms with E-state index in [1.54, 1.807) is 25.1 Å². The molecule has 5 N–H and O–H groups in total. The molecule has 0 amide bonds. The number of phenols is 2. The van der Waals surface area contributed by atoms with Crippen molar-refractivity contribution in [3.05, 3.63) is 51.6 Å². The minimum absolute atomic E-state index is 0.00762. The molecule has 0 spiro atoms. The molecule has 0 bridgehead atoms. The van der Waals surface area contributed by atoms with Gasteiger partial charge in [-0.3, -0.25) is 9.59 Å². The van der Waals surface area contributed by atoms with E-state index in [1.165, 1.54) is 7.11 Å². The second kappa shape index (κ2) is 15.1. The minimum atomic E-state index is -0.774. The number of ether oxygens (including phenoxy) is 3. The van der Waals surface area contributed by atoms with Crippen LogP contribution in [0, 0.1) is 18.3 Å². The zero-order chi connectivity index (χ0) is 32.0. The highest BCUT2D eigenvalue weighted by atomic mass is 16.7. The molecule has 1 aliphatic carbocycles. The summed E-state index contributed by atoms with van der Waals surface area (Å²) >= 11 is 0. The Balaban J connectivity index is 1.72. The number of carbonyl (C=O) groups is 2. The van der Waals surface area contributed by atoms with Crippen LogP contribution in [0.3, 0.4) is 0 Å². The molecular formula is C34H47N3O7. The van der Waals surface area contributed by atoms with Crippen LogP contribution in [0.4, 0.5) is 0 Å². The van der Waals surface area contributed by atoms with Crippen molar-refractivity contribution >= 4 is 17.8 Å². The molecule has 44 heavy (non-hydrogen) atoms. The fourth-order valence-electron chi connectivity index (χ4n) is 6.46. The van der Waals surface area contributed by atoms with E-state index in [9.17, 15) is 19.8 Å². The van der Waals surface area contributed by atoms with Gasteiger partial charge in [0.05, 0.1) is 31.4 Å². The third-order valence-corrected chi connectivity index (χ3v) is 9.09. The minimum Gasteiger partial charge on any atom is -0.507 e. The first-order valence-electron chi connectivity index (χ1n) is 15.7. The molecule has 2 aliphatic rings. The van der Waals surface area contributed by atoms with E-state index >= 15 is 0 Å². The van der Waals surface area contributed by atoms with Gasteiger partial charge in [0, 0.05) is 46.0 Å². The number of methoxy groups -OCH3 is 1. The highest BCUT2D eigenvalue weighted by Gasteiger charge is 2.40. The number of ketones is 2. The summed E-state index contributed by atoms with van der Waals surface area (Å²) in [6, 6.07) is 5.39. The molecule has 4 unspecified atom stereocenters. The van der Waals surface area contributed by atoms with Gasteiger partial charge < -0.3 is 40.5 Å². The summed E-state index contributed by atoms with van der Waals surface area (Å²) in [5.41, 5.74) is 1.16. The number of aromatic hydroxyl groups is 2. The van der Waals surface area contributed by atoms with Crippen LogP contribution in [-0.2, 0) is 20.7 Å². The van der Waals surface area contributed by atoms with Gasteiger partial charge in [-0.15, -0.1) is 0 Å². The van der Waals surface area contributed by atoms with Crippen molar-refractivity contribution in [3.8, 4) is 17.2 Å². The summed E-state index contributed by atoms with van der Waals surface area (Å²) in [5, 5.41) is 38.0. The smallest absolute Gasteiger partial charge is 0.197 e. The maximum Gasteiger partial charge on any atom is 0.197 e. The van der Waals surface area contributed by atoms with Crippen LogP contribution in [0.25, 0.3) is 0 Å². The predicted molar refractivity (Wildman–Crippen MR) is 168 cm³/mol. The monoisotopic (exact) mass is 609 g/mol. The van der Waals surface area contributed by atoms with E-state index in [1.807, 2.05) is 14.0 Å². The van der Waals surface area contributed by atoms with Crippen LogP contribution >= 0.6 is 0 Å². The first-order chi connectivity index (χ1) is 21.1. The van der Waals surface area contributed by atoms with Gasteiger partial charge in [0.2, 0.25) is 0 Å². The summed E-state index contributed by atoms with van der Waals surface area (Å²) in [4.78, 5) is 27.5. The van der Waals surface area contributed by atoms with Gasteiger partial charge in [0.1, 0.15) is 23.0 Å². The van der Waals surface area contributed by atoms with Crippen molar-refractivity contribution in [2.45, 2.75) is 90.3 Å². The molecule has 1 saturated heterocycles. The maximum absolute atomic E-state index is 13.9. The Morgan fingerprint density at radius 2 is 2.00 bits per heavy atom. The summed E-state index contributed by atoms with van der Waals surface area (Å²) in [5.74, 6) is -1.26. The quantitative estimate of drug-likeness (QED) is 0.0887. The third kappa shape index (κ3) is 7.15. The molecule has 10 heteroatoms. The Bertz CT molecular complexity index is 1360. The standard InChI is InChI=1S/C34H47N3O7/c1-6-22(36-4)13-14-37-18-26(38)21-15-24-30(28(16-21)44-29-12-7-9-19(2)43-29)34(41)25(17-35)31(33(24)40)32(39)23-10-8-11-27(42-5)20(23)3/h8,10-11,17,19,21-22,28-29,35-37,40-41H,6-7,9,12-16,18H2,1-5H3/t19-,21?,22?,28?,29?/m0/s1. The van der Waals surface area contributed by atoms with Crippen molar-refractivity contribution in [2.75, 3.05) is 27.2 Å².